The quantitative estimate of drug-likeness (QED) is 0.678. The summed E-state index contributed by atoms with van der Waals surface area (Å²) in [6.45, 7) is 0. The number of nitrogens with one attached hydrogen (secondary N) is 1. The summed E-state index contributed by atoms with van der Waals surface area (Å²) in [5, 5.41) is 14.0. The molecule has 94 valence electrons. The molecular weight excluding hydrogens is 254 g/mol. The molecule has 0 spiro atoms. The zero-order valence-corrected chi connectivity index (χ0v) is 10.3. The van der Waals surface area contributed by atoms with Crippen LogP contribution in [0.25, 0.3) is 11.1 Å². The number of hydrogen-bond donors (Lipinski definition) is 1. The Morgan fingerprint density at radius 3 is 3.17 bits per heavy atom. The number of nitrogens with zero attached hydrogens (tertiary/aromatic N) is 2. The summed E-state index contributed by atoms with van der Waals surface area (Å²) in [5.41, 5.74) is 0.720. The summed E-state index contributed by atoms with van der Waals surface area (Å²) >= 11 is 1.88. The fraction of sp³-hybridized carbons (Fsp3) is 0.364. The van der Waals surface area contributed by atoms with E-state index in [9.17, 15) is 10.1 Å². The molecule has 1 atom stereocenters. The van der Waals surface area contributed by atoms with Crippen LogP contribution >= 0.6 is 11.8 Å². The summed E-state index contributed by atoms with van der Waals surface area (Å²) in [7, 11) is 0. The van der Waals surface area contributed by atoms with Crippen LogP contribution in [0.15, 0.2) is 22.6 Å². The van der Waals surface area contributed by atoms with E-state index in [-0.39, 0.29) is 5.69 Å². The molecule has 1 aliphatic heterocycles. The molecule has 1 fully saturated rings. The number of thioether (sulfide) groups is 1. The SMILES string of the molecule is O=[N+]([O-])c1cccc2oc(NC3CCSC3)nc12. The van der Waals surface area contributed by atoms with Crippen LogP contribution in [0.1, 0.15) is 6.42 Å². The minimum atomic E-state index is -0.444. The molecule has 0 aliphatic carbocycles. The topological polar surface area (TPSA) is 81.2 Å². The van der Waals surface area contributed by atoms with Gasteiger partial charge in [0.2, 0.25) is 0 Å². The molecule has 1 aliphatic rings. The molecule has 1 unspecified atom stereocenters. The van der Waals surface area contributed by atoms with Gasteiger partial charge in [-0.1, -0.05) is 6.07 Å². The van der Waals surface area contributed by atoms with Gasteiger partial charge in [-0.3, -0.25) is 10.1 Å². The first-order valence-electron chi connectivity index (χ1n) is 5.62. The van der Waals surface area contributed by atoms with E-state index in [0.717, 1.165) is 17.9 Å². The highest BCUT2D eigenvalue weighted by atomic mass is 32.2. The fourth-order valence-corrected chi connectivity index (χ4v) is 3.12. The number of oxazole rings is 1. The van der Waals surface area contributed by atoms with Crippen molar-refractivity contribution in [3.8, 4) is 0 Å². The number of benzene rings is 1. The smallest absolute Gasteiger partial charge is 0.298 e. The minimum Gasteiger partial charge on any atom is -0.423 e. The van der Waals surface area contributed by atoms with Crippen LogP contribution in [0.5, 0.6) is 0 Å². The molecule has 0 amide bonds. The number of non-ortho nitro benzene ring substituents is 1. The molecule has 2 heterocycles. The fourth-order valence-electron chi connectivity index (χ4n) is 1.97. The molecule has 1 saturated heterocycles. The van der Waals surface area contributed by atoms with E-state index < -0.39 is 4.92 Å². The van der Waals surface area contributed by atoms with E-state index in [2.05, 4.69) is 10.3 Å². The molecule has 1 aromatic carbocycles. The number of para-hydroxylation sites is 1. The lowest BCUT2D eigenvalue weighted by molar-refractivity contribution is -0.383. The monoisotopic (exact) mass is 265 g/mol. The third kappa shape index (κ3) is 2.01. The Morgan fingerprint density at radius 2 is 2.44 bits per heavy atom. The third-order valence-corrected chi connectivity index (χ3v) is 4.01. The second-order valence-corrected chi connectivity index (χ2v) is 5.25. The zero-order valence-electron chi connectivity index (χ0n) is 9.46. The predicted octanol–water partition coefficient (Wildman–Crippen LogP) is 2.65. The van der Waals surface area contributed by atoms with Crippen LogP contribution < -0.4 is 5.32 Å². The number of hydrogen-bond acceptors (Lipinski definition) is 6. The van der Waals surface area contributed by atoms with Gasteiger partial charge < -0.3 is 9.73 Å². The van der Waals surface area contributed by atoms with Crippen molar-refractivity contribution in [3.05, 3.63) is 28.3 Å². The van der Waals surface area contributed by atoms with Crippen LogP contribution in [-0.2, 0) is 0 Å². The number of rotatable bonds is 3. The molecule has 7 heteroatoms. The maximum Gasteiger partial charge on any atom is 0.298 e. The van der Waals surface area contributed by atoms with Crippen LogP contribution in [0.2, 0.25) is 0 Å². The van der Waals surface area contributed by atoms with Crippen molar-refractivity contribution in [2.75, 3.05) is 16.8 Å². The largest absolute Gasteiger partial charge is 0.423 e. The first-order chi connectivity index (χ1) is 8.74. The Kier molecular flexibility index (Phi) is 2.83. The van der Waals surface area contributed by atoms with Crippen LogP contribution in [0.4, 0.5) is 11.7 Å². The highest BCUT2D eigenvalue weighted by Gasteiger charge is 2.20. The first kappa shape index (κ1) is 11.3. The lowest BCUT2D eigenvalue weighted by atomic mass is 10.3. The van der Waals surface area contributed by atoms with Crippen molar-refractivity contribution >= 4 is 34.6 Å². The van der Waals surface area contributed by atoms with Gasteiger partial charge in [0.1, 0.15) is 0 Å². The van der Waals surface area contributed by atoms with Crippen LogP contribution in [-0.4, -0.2) is 27.5 Å². The summed E-state index contributed by atoms with van der Waals surface area (Å²) in [6.07, 6.45) is 1.06. The standard InChI is InChI=1S/C11H11N3O3S/c15-14(16)8-2-1-3-9-10(8)13-11(17-9)12-7-4-5-18-6-7/h1-3,7H,4-6H2,(H,12,13). The Morgan fingerprint density at radius 1 is 1.56 bits per heavy atom. The normalized spacial score (nSPS) is 19.2. The first-order valence-corrected chi connectivity index (χ1v) is 6.78. The Labute approximate surface area is 107 Å². The van der Waals surface area contributed by atoms with Crippen molar-refractivity contribution in [2.45, 2.75) is 12.5 Å². The van der Waals surface area contributed by atoms with Crippen LogP contribution in [0, 0.1) is 10.1 Å². The maximum absolute atomic E-state index is 10.9. The van der Waals surface area contributed by atoms with E-state index in [0.29, 0.717) is 23.2 Å². The van der Waals surface area contributed by atoms with Gasteiger partial charge in [0, 0.05) is 17.9 Å². The number of anilines is 1. The molecule has 1 aromatic heterocycles. The van der Waals surface area contributed by atoms with Gasteiger partial charge in [0.15, 0.2) is 11.1 Å². The van der Waals surface area contributed by atoms with Crippen molar-refractivity contribution < 1.29 is 9.34 Å². The Balaban J connectivity index is 1.94. The second-order valence-electron chi connectivity index (χ2n) is 4.10. The Hall–Kier alpha value is -1.76. The summed E-state index contributed by atoms with van der Waals surface area (Å²) in [5.74, 6) is 2.14. The van der Waals surface area contributed by atoms with Gasteiger partial charge >= 0.3 is 0 Å². The van der Waals surface area contributed by atoms with E-state index >= 15 is 0 Å². The zero-order chi connectivity index (χ0) is 12.5. The average molecular weight is 265 g/mol. The molecule has 0 saturated carbocycles. The molecule has 6 nitrogen and oxygen atoms in total. The predicted molar refractivity (Wildman–Crippen MR) is 70.0 cm³/mol. The summed E-state index contributed by atoms with van der Waals surface area (Å²) < 4.78 is 5.48. The molecule has 18 heavy (non-hydrogen) atoms. The van der Waals surface area contributed by atoms with Crippen molar-refractivity contribution in [1.29, 1.82) is 0 Å². The van der Waals surface area contributed by atoms with Gasteiger partial charge in [0.25, 0.3) is 11.7 Å². The van der Waals surface area contributed by atoms with Crippen molar-refractivity contribution in [1.82, 2.24) is 4.98 Å². The van der Waals surface area contributed by atoms with Crippen molar-refractivity contribution in [2.24, 2.45) is 0 Å². The second kappa shape index (κ2) is 4.49. The molecule has 3 rings (SSSR count). The lowest BCUT2D eigenvalue weighted by Gasteiger charge is -2.07. The number of aromatic nitrogens is 1. The molecule has 1 N–H and O–H groups in total. The molecular formula is C11H11N3O3S. The van der Waals surface area contributed by atoms with Crippen molar-refractivity contribution in [3.63, 3.8) is 0 Å². The van der Waals surface area contributed by atoms with E-state index in [1.807, 2.05) is 11.8 Å². The van der Waals surface area contributed by atoms with Gasteiger partial charge in [0.05, 0.1) is 4.92 Å². The summed E-state index contributed by atoms with van der Waals surface area (Å²) in [6, 6.07) is 5.42. The van der Waals surface area contributed by atoms with E-state index in [1.54, 1.807) is 12.1 Å². The highest BCUT2D eigenvalue weighted by Crippen LogP contribution is 2.28. The average Bonchev–Trinajstić information content (AvgIpc) is 2.96. The lowest BCUT2D eigenvalue weighted by Crippen LogP contribution is -2.18. The number of fused-ring (bicyclic) bond motifs is 1. The van der Waals surface area contributed by atoms with E-state index in [4.69, 9.17) is 4.42 Å². The molecule has 2 aromatic rings. The van der Waals surface area contributed by atoms with E-state index in [1.165, 1.54) is 6.07 Å². The number of nitro groups is 1. The maximum atomic E-state index is 10.9. The highest BCUT2D eigenvalue weighted by molar-refractivity contribution is 7.99. The van der Waals surface area contributed by atoms with Crippen LogP contribution in [0.3, 0.4) is 0 Å². The minimum absolute atomic E-state index is 0.0231. The van der Waals surface area contributed by atoms with Gasteiger partial charge in [-0.25, -0.2) is 0 Å². The number of nitro benzene ring substituents is 1. The Bertz CT molecular complexity index is 592. The van der Waals surface area contributed by atoms with Gasteiger partial charge in [-0.2, -0.15) is 16.7 Å². The molecule has 0 bridgehead atoms. The summed E-state index contributed by atoms with van der Waals surface area (Å²) in [4.78, 5) is 14.6. The van der Waals surface area contributed by atoms with Gasteiger partial charge in [-0.05, 0) is 18.2 Å². The molecule has 0 radical (unpaired) electrons. The third-order valence-electron chi connectivity index (χ3n) is 2.85. The van der Waals surface area contributed by atoms with Gasteiger partial charge in [-0.15, -0.1) is 0 Å².